The van der Waals surface area contributed by atoms with Gasteiger partial charge in [0.2, 0.25) is 5.91 Å². The first-order chi connectivity index (χ1) is 39.4. The highest BCUT2D eigenvalue weighted by Gasteiger charge is 2.27. The van der Waals surface area contributed by atoms with Gasteiger partial charge in [-0.25, -0.2) is 0 Å². The van der Waals surface area contributed by atoms with Crippen LogP contribution in [-0.4, -0.2) is 69.4 Å². The number of phosphoric ester groups is 1. The number of esters is 1. The number of phosphoric acid groups is 1. The number of nitrogens with one attached hydrogen (secondary N) is 1. The molecule has 0 rings (SSSR count). The van der Waals surface area contributed by atoms with Gasteiger partial charge in [0.1, 0.15) is 19.3 Å². The molecule has 1 N–H and O–H groups in total. The molecule has 0 aromatic carbocycles. The lowest BCUT2D eigenvalue weighted by molar-refractivity contribution is -0.870. The molecule has 0 aliphatic heterocycles. The van der Waals surface area contributed by atoms with E-state index in [0.717, 1.165) is 89.9 Å². The highest BCUT2D eigenvalue weighted by molar-refractivity contribution is 7.45. The van der Waals surface area contributed by atoms with E-state index < -0.39 is 26.6 Å². The average Bonchev–Trinajstić information content (AvgIpc) is 3.43. The molecule has 0 saturated heterocycles. The molecule has 0 bridgehead atoms. The highest BCUT2D eigenvalue weighted by Crippen LogP contribution is 2.38. The van der Waals surface area contributed by atoms with Gasteiger partial charge in [-0.2, -0.15) is 0 Å². The summed E-state index contributed by atoms with van der Waals surface area (Å²) >= 11 is 0. The molecule has 9 nitrogen and oxygen atoms in total. The zero-order valence-electron chi connectivity index (χ0n) is 53.7. The third kappa shape index (κ3) is 61.6. The largest absolute Gasteiger partial charge is 0.756 e. The predicted molar refractivity (Wildman–Crippen MR) is 348 cm³/mol. The highest BCUT2D eigenvalue weighted by atomic mass is 31.2. The number of nitrogens with zero attached hydrogens (tertiary/aromatic N) is 1. The molecule has 0 saturated carbocycles. The summed E-state index contributed by atoms with van der Waals surface area (Å²) in [6, 6.07) is -0.909. The second kappa shape index (κ2) is 60.3. The summed E-state index contributed by atoms with van der Waals surface area (Å²) in [5.74, 6) is -0.586. The number of hydrogen-bond donors (Lipinski definition) is 1. The van der Waals surface area contributed by atoms with Crippen molar-refractivity contribution in [2.24, 2.45) is 0 Å². The van der Waals surface area contributed by atoms with Crippen molar-refractivity contribution in [1.29, 1.82) is 0 Å². The number of likely N-dealkylation sites (N-methyl/N-ethyl adjacent to an activating group) is 1. The van der Waals surface area contributed by atoms with Crippen molar-refractivity contribution in [3.05, 3.63) is 85.1 Å². The average molecular weight is 1150 g/mol. The van der Waals surface area contributed by atoms with Crippen LogP contribution in [0.5, 0.6) is 0 Å². The molecule has 10 heteroatoms. The Bertz CT molecular complexity index is 1660. The van der Waals surface area contributed by atoms with Gasteiger partial charge in [0.15, 0.2) is 0 Å². The quantitative estimate of drug-likeness (QED) is 0.0212. The molecule has 0 radical (unpaired) electrons. The Balaban J connectivity index is 5.15. The van der Waals surface area contributed by atoms with Crippen molar-refractivity contribution in [3.63, 3.8) is 0 Å². The maximum absolute atomic E-state index is 13.6. The van der Waals surface area contributed by atoms with Crippen LogP contribution in [0.4, 0.5) is 0 Å². The molecule has 0 aromatic heterocycles. The van der Waals surface area contributed by atoms with Crippen molar-refractivity contribution < 1.29 is 37.3 Å². The summed E-state index contributed by atoms with van der Waals surface area (Å²) in [4.78, 5) is 40.1. The lowest BCUT2D eigenvalue weighted by atomic mass is 10.0. The Morgan fingerprint density at radius 2 is 0.790 bits per heavy atom. The van der Waals surface area contributed by atoms with Crippen LogP contribution in [-0.2, 0) is 27.9 Å². The Labute approximate surface area is 501 Å². The number of allylic oxidation sites excluding steroid dienone is 13. The van der Waals surface area contributed by atoms with Gasteiger partial charge in [-0.15, -0.1) is 0 Å². The zero-order valence-corrected chi connectivity index (χ0v) is 54.6. The summed E-state index contributed by atoms with van der Waals surface area (Å²) in [7, 11) is 1.16. The molecular weight excluding hydrogens is 1020 g/mol. The molecule has 1 amide bonds. The van der Waals surface area contributed by atoms with Gasteiger partial charge in [-0.3, -0.25) is 14.2 Å². The zero-order chi connectivity index (χ0) is 59.3. The number of unbranched alkanes of at least 4 members (excludes halogenated alkanes) is 33. The van der Waals surface area contributed by atoms with E-state index in [2.05, 4.69) is 99.0 Å². The first-order valence-electron chi connectivity index (χ1n) is 33.9. The van der Waals surface area contributed by atoms with E-state index in [-0.39, 0.29) is 24.9 Å². The fourth-order valence-electron chi connectivity index (χ4n) is 9.64. The van der Waals surface area contributed by atoms with Crippen molar-refractivity contribution in [3.8, 4) is 0 Å². The first kappa shape index (κ1) is 78.2. The van der Waals surface area contributed by atoms with Crippen molar-refractivity contribution in [1.82, 2.24) is 5.32 Å². The van der Waals surface area contributed by atoms with Crippen LogP contribution in [0.15, 0.2) is 85.1 Å². The Morgan fingerprint density at radius 3 is 1.20 bits per heavy atom. The monoisotopic (exact) mass is 1150 g/mol. The number of quaternary nitrogens is 1. The fraction of sp³-hybridized carbons (Fsp3) is 0.775. The number of carbonyl (C=O) groups excluding carboxylic acids is 2. The minimum absolute atomic E-state index is 0.0313. The molecule has 470 valence electrons. The topological polar surface area (TPSA) is 114 Å². The molecule has 0 aliphatic rings. The van der Waals surface area contributed by atoms with Crippen molar-refractivity contribution in [2.45, 2.75) is 315 Å². The van der Waals surface area contributed by atoms with E-state index in [1.807, 2.05) is 33.3 Å². The van der Waals surface area contributed by atoms with Crippen LogP contribution in [0.3, 0.4) is 0 Å². The summed E-state index contributed by atoms with van der Waals surface area (Å²) in [5.41, 5.74) is 0. The summed E-state index contributed by atoms with van der Waals surface area (Å²) in [6.45, 7) is 6.72. The molecule has 0 spiro atoms. The standard InChI is InChI=1S/C71H129N2O7P/c1-7-10-13-16-19-22-25-27-29-31-33-35-36-38-39-41-43-45-48-51-54-57-60-63-70(74)72-68(67-79-81(76,77)78-66-65-73(4,5)6)69(62-59-56-53-50-47-24-21-18-15-12-9-3)80-71(75)64-61-58-55-52-49-46-44-42-40-37-34-32-30-28-26-23-20-17-14-11-8-2/h11,14,20,23,28,30,34,37,42,44,49,52,59,62,68-69H,7-10,12-13,15-19,21-22,24-27,29,31-33,35-36,38-41,43,45-48,50-51,53-58,60-61,63-67H2,1-6H3,(H-,72,74,76,77)/b14-11-,23-20-,30-28-,37-34-,44-42-,52-49-,62-59+. The Morgan fingerprint density at radius 1 is 0.444 bits per heavy atom. The molecule has 0 heterocycles. The van der Waals surface area contributed by atoms with Crippen LogP contribution in [0, 0.1) is 0 Å². The molecule has 0 aromatic rings. The van der Waals surface area contributed by atoms with Gasteiger partial charge < -0.3 is 28.5 Å². The molecule has 81 heavy (non-hydrogen) atoms. The molecule has 0 fully saturated rings. The van der Waals surface area contributed by atoms with Gasteiger partial charge in [0.25, 0.3) is 7.82 Å². The Hall–Kier alpha value is -2.81. The van der Waals surface area contributed by atoms with E-state index in [1.165, 1.54) is 173 Å². The van der Waals surface area contributed by atoms with E-state index in [1.54, 1.807) is 0 Å². The number of carbonyl (C=O) groups is 2. The molecular formula is C71H129N2O7P. The fourth-order valence-corrected chi connectivity index (χ4v) is 10.4. The van der Waals surface area contributed by atoms with Crippen molar-refractivity contribution in [2.75, 3.05) is 40.9 Å². The SMILES string of the molecule is CC/C=C\C/C=C\C/C=C\C/C=C\C/C=C\C/C=C\CCCCC(=O)OC(/C=C/CCCCCCCCCCC)C(COP(=O)([O-])OCC[N+](C)(C)C)NC(=O)CCCCCCCCCCCCCCCCCCCCCCCCC. The predicted octanol–water partition coefficient (Wildman–Crippen LogP) is 20.7. The van der Waals surface area contributed by atoms with E-state index in [9.17, 15) is 19.0 Å². The lowest BCUT2D eigenvalue weighted by Crippen LogP contribution is -2.47. The molecule has 3 atom stereocenters. The van der Waals surface area contributed by atoms with Crippen LogP contribution in [0.25, 0.3) is 0 Å². The first-order valence-corrected chi connectivity index (χ1v) is 35.4. The van der Waals surface area contributed by atoms with Gasteiger partial charge >= 0.3 is 5.97 Å². The minimum Gasteiger partial charge on any atom is -0.756 e. The van der Waals surface area contributed by atoms with Gasteiger partial charge in [0.05, 0.1) is 33.8 Å². The minimum atomic E-state index is -4.71. The van der Waals surface area contributed by atoms with E-state index >= 15 is 0 Å². The van der Waals surface area contributed by atoms with Crippen LogP contribution >= 0.6 is 7.82 Å². The van der Waals surface area contributed by atoms with E-state index in [0.29, 0.717) is 23.9 Å². The molecule has 3 unspecified atom stereocenters. The summed E-state index contributed by atoms with van der Waals surface area (Å²) in [6.07, 6.45) is 80.0. The molecule has 0 aliphatic carbocycles. The lowest BCUT2D eigenvalue weighted by Gasteiger charge is -2.30. The Kier molecular flexibility index (Phi) is 58.2. The van der Waals surface area contributed by atoms with Crippen LogP contribution in [0.1, 0.15) is 303 Å². The maximum Gasteiger partial charge on any atom is 0.306 e. The second-order valence-corrected chi connectivity index (χ2v) is 25.4. The number of amides is 1. The van der Waals surface area contributed by atoms with Crippen LogP contribution < -0.4 is 10.2 Å². The smallest absolute Gasteiger partial charge is 0.306 e. The normalized spacial score (nSPS) is 14.1. The maximum atomic E-state index is 13.6. The van der Waals surface area contributed by atoms with Crippen LogP contribution in [0.2, 0.25) is 0 Å². The number of rotatable bonds is 61. The third-order valence-corrected chi connectivity index (χ3v) is 15.8. The van der Waals surface area contributed by atoms with Gasteiger partial charge in [-0.05, 0) is 83.1 Å². The van der Waals surface area contributed by atoms with Crippen molar-refractivity contribution >= 4 is 19.7 Å². The van der Waals surface area contributed by atoms with Gasteiger partial charge in [0, 0.05) is 12.8 Å². The third-order valence-electron chi connectivity index (χ3n) is 14.8. The van der Waals surface area contributed by atoms with Gasteiger partial charge in [-0.1, -0.05) is 292 Å². The summed E-state index contributed by atoms with van der Waals surface area (Å²) < 4.78 is 30.3. The van der Waals surface area contributed by atoms with E-state index in [4.69, 9.17) is 13.8 Å². The number of ether oxygens (including phenoxy) is 1. The summed E-state index contributed by atoms with van der Waals surface area (Å²) in [5, 5.41) is 3.03. The number of hydrogen-bond acceptors (Lipinski definition) is 7. The second-order valence-electron chi connectivity index (χ2n) is 24.0.